The highest BCUT2D eigenvalue weighted by Crippen LogP contribution is 2.27. The zero-order valence-electron chi connectivity index (χ0n) is 15.1. The SMILES string of the molecule is CCC(O)(CC)[C@H](CCSC)N1CCOCCOCCOCC1. The predicted octanol–water partition coefficient (Wildman–Crippen LogP) is 2.02. The third kappa shape index (κ3) is 7.71. The molecule has 0 amide bonds. The van der Waals surface area contributed by atoms with Gasteiger partial charge < -0.3 is 19.3 Å². The van der Waals surface area contributed by atoms with E-state index in [2.05, 4.69) is 25.0 Å². The van der Waals surface area contributed by atoms with Crippen LogP contribution in [0.3, 0.4) is 0 Å². The van der Waals surface area contributed by atoms with Crippen molar-refractivity contribution in [2.75, 3.05) is 64.7 Å². The summed E-state index contributed by atoms with van der Waals surface area (Å²) in [4.78, 5) is 2.37. The number of hydrogen-bond acceptors (Lipinski definition) is 6. The van der Waals surface area contributed by atoms with Crippen LogP contribution in [0.4, 0.5) is 0 Å². The number of ether oxygens (including phenoxy) is 3. The Labute approximate surface area is 146 Å². The van der Waals surface area contributed by atoms with E-state index in [1.165, 1.54) is 0 Å². The second kappa shape index (κ2) is 12.5. The molecule has 1 aliphatic rings. The molecule has 0 aromatic rings. The summed E-state index contributed by atoms with van der Waals surface area (Å²) in [5.41, 5.74) is -0.643. The summed E-state index contributed by atoms with van der Waals surface area (Å²) >= 11 is 1.84. The van der Waals surface area contributed by atoms with Gasteiger partial charge in [0.1, 0.15) is 0 Å². The smallest absolute Gasteiger partial charge is 0.0797 e. The maximum absolute atomic E-state index is 11.1. The molecule has 1 N–H and O–H groups in total. The fourth-order valence-electron chi connectivity index (χ4n) is 3.07. The Hall–Kier alpha value is 0.150. The van der Waals surface area contributed by atoms with E-state index in [4.69, 9.17) is 14.2 Å². The van der Waals surface area contributed by atoms with Gasteiger partial charge in [0.05, 0.1) is 45.2 Å². The van der Waals surface area contributed by atoms with Crippen molar-refractivity contribution in [3.05, 3.63) is 0 Å². The summed E-state index contributed by atoms with van der Waals surface area (Å²) in [5, 5.41) is 11.1. The maximum atomic E-state index is 11.1. The van der Waals surface area contributed by atoms with E-state index >= 15 is 0 Å². The molecule has 23 heavy (non-hydrogen) atoms. The fourth-order valence-corrected chi connectivity index (χ4v) is 3.53. The van der Waals surface area contributed by atoms with E-state index in [0.29, 0.717) is 39.6 Å². The Morgan fingerprint density at radius 3 is 1.87 bits per heavy atom. The van der Waals surface area contributed by atoms with E-state index in [0.717, 1.165) is 38.1 Å². The number of nitrogens with zero attached hydrogens (tertiary/aromatic N) is 1. The minimum absolute atomic E-state index is 0.149. The number of aliphatic hydroxyl groups is 1. The molecule has 0 unspecified atom stereocenters. The lowest BCUT2D eigenvalue weighted by atomic mass is 9.85. The van der Waals surface area contributed by atoms with Crippen molar-refractivity contribution >= 4 is 11.8 Å². The van der Waals surface area contributed by atoms with Crippen LogP contribution in [-0.4, -0.2) is 86.4 Å². The zero-order valence-corrected chi connectivity index (χ0v) is 15.9. The highest BCUT2D eigenvalue weighted by atomic mass is 32.2. The molecule has 1 aliphatic heterocycles. The minimum Gasteiger partial charge on any atom is -0.388 e. The molecule has 0 aromatic carbocycles. The van der Waals surface area contributed by atoms with Crippen LogP contribution in [0, 0.1) is 0 Å². The molecule has 1 rings (SSSR count). The van der Waals surface area contributed by atoms with Gasteiger partial charge in [0.2, 0.25) is 0 Å². The molecule has 6 heteroatoms. The lowest BCUT2D eigenvalue weighted by Gasteiger charge is -2.42. The monoisotopic (exact) mass is 349 g/mol. The van der Waals surface area contributed by atoms with Crippen molar-refractivity contribution in [1.82, 2.24) is 4.90 Å². The highest BCUT2D eigenvalue weighted by Gasteiger charge is 2.36. The molecule has 0 spiro atoms. The van der Waals surface area contributed by atoms with Gasteiger partial charge in [-0.1, -0.05) is 13.8 Å². The molecule has 0 aliphatic carbocycles. The van der Waals surface area contributed by atoms with E-state index in [1.54, 1.807) is 0 Å². The largest absolute Gasteiger partial charge is 0.388 e. The Balaban J connectivity index is 2.75. The minimum atomic E-state index is -0.643. The Morgan fingerprint density at radius 1 is 0.957 bits per heavy atom. The standard InChI is InChI=1S/C17H35NO4S/c1-4-17(19,5-2)16(6-15-23-3)18-7-9-20-11-13-22-14-12-21-10-8-18/h16,19H,4-15H2,1-3H3/t16-/m0/s1. The Kier molecular flexibility index (Phi) is 11.5. The third-order valence-electron chi connectivity index (χ3n) is 4.67. The molecule has 138 valence electrons. The second-order valence-electron chi connectivity index (χ2n) is 5.98. The van der Waals surface area contributed by atoms with Crippen molar-refractivity contribution in [2.45, 2.75) is 44.8 Å². The summed E-state index contributed by atoms with van der Waals surface area (Å²) in [5.74, 6) is 1.05. The van der Waals surface area contributed by atoms with Crippen LogP contribution >= 0.6 is 11.8 Å². The van der Waals surface area contributed by atoms with E-state index in [1.807, 2.05) is 11.8 Å². The molecule has 1 saturated heterocycles. The topological polar surface area (TPSA) is 51.2 Å². The van der Waals surface area contributed by atoms with Gasteiger partial charge in [-0.3, -0.25) is 4.90 Å². The first-order valence-corrected chi connectivity index (χ1v) is 10.3. The first-order chi connectivity index (χ1) is 11.2. The molecule has 1 heterocycles. The molecule has 0 saturated carbocycles. The summed E-state index contributed by atoms with van der Waals surface area (Å²) in [7, 11) is 0. The van der Waals surface area contributed by atoms with Gasteiger partial charge in [0, 0.05) is 19.1 Å². The Bertz CT molecular complexity index is 278. The van der Waals surface area contributed by atoms with Gasteiger partial charge >= 0.3 is 0 Å². The van der Waals surface area contributed by atoms with Crippen molar-refractivity contribution in [2.24, 2.45) is 0 Å². The number of hydrogen-bond donors (Lipinski definition) is 1. The predicted molar refractivity (Wildman–Crippen MR) is 96.3 cm³/mol. The van der Waals surface area contributed by atoms with Crippen LogP contribution in [0.25, 0.3) is 0 Å². The first kappa shape index (κ1) is 21.2. The van der Waals surface area contributed by atoms with Crippen molar-refractivity contribution in [3.8, 4) is 0 Å². The van der Waals surface area contributed by atoms with Crippen LogP contribution in [0.15, 0.2) is 0 Å². The van der Waals surface area contributed by atoms with Gasteiger partial charge in [-0.05, 0) is 31.3 Å². The molecular weight excluding hydrogens is 314 g/mol. The average molecular weight is 350 g/mol. The van der Waals surface area contributed by atoms with Gasteiger partial charge in [-0.2, -0.15) is 11.8 Å². The quantitative estimate of drug-likeness (QED) is 0.759. The van der Waals surface area contributed by atoms with Gasteiger partial charge in [0.25, 0.3) is 0 Å². The molecule has 0 radical (unpaired) electrons. The summed E-state index contributed by atoms with van der Waals surface area (Å²) in [6.07, 6.45) is 4.65. The van der Waals surface area contributed by atoms with Crippen molar-refractivity contribution < 1.29 is 19.3 Å². The van der Waals surface area contributed by atoms with Crippen LogP contribution in [0.5, 0.6) is 0 Å². The second-order valence-corrected chi connectivity index (χ2v) is 6.97. The average Bonchev–Trinajstić information content (AvgIpc) is 2.56. The zero-order chi connectivity index (χ0) is 17.0. The van der Waals surface area contributed by atoms with Crippen LogP contribution in [0.1, 0.15) is 33.1 Å². The van der Waals surface area contributed by atoms with Gasteiger partial charge in [0.15, 0.2) is 0 Å². The summed E-state index contributed by atoms with van der Waals surface area (Å²) in [6.45, 7) is 9.62. The first-order valence-electron chi connectivity index (χ1n) is 8.86. The van der Waals surface area contributed by atoms with Crippen molar-refractivity contribution in [1.29, 1.82) is 0 Å². The lowest BCUT2D eigenvalue weighted by molar-refractivity contribution is -0.0739. The highest BCUT2D eigenvalue weighted by molar-refractivity contribution is 7.98. The molecule has 1 fully saturated rings. The third-order valence-corrected chi connectivity index (χ3v) is 5.31. The molecule has 0 bridgehead atoms. The number of rotatable bonds is 7. The maximum Gasteiger partial charge on any atom is 0.0797 e. The number of thioether (sulfide) groups is 1. The van der Waals surface area contributed by atoms with Crippen molar-refractivity contribution in [3.63, 3.8) is 0 Å². The van der Waals surface area contributed by atoms with E-state index in [-0.39, 0.29) is 6.04 Å². The molecule has 5 nitrogen and oxygen atoms in total. The lowest BCUT2D eigenvalue weighted by Crippen LogP contribution is -2.54. The normalized spacial score (nSPS) is 21.4. The fraction of sp³-hybridized carbons (Fsp3) is 1.00. The summed E-state index contributed by atoms with van der Waals surface area (Å²) in [6, 6.07) is 0.149. The van der Waals surface area contributed by atoms with Crippen LogP contribution in [-0.2, 0) is 14.2 Å². The van der Waals surface area contributed by atoms with Gasteiger partial charge in [-0.15, -0.1) is 0 Å². The van der Waals surface area contributed by atoms with Crippen LogP contribution < -0.4 is 0 Å². The van der Waals surface area contributed by atoms with E-state index < -0.39 is 5.60 Å². The molecule has 0 aromatic heterocycles. The van der Waals surface area contributed by atoms with E-state index in [9.17, 15) is 5.11 Å². The van der Waals surface area contributed by atoms with Gasteiger partial charge in [-0.25, -0.2) is 0 Å². The molecule has 1 atom stereocenters. The summed E-state index contributed by atoms with van der Waals surface area (Å²) < 4.78 is 16.8. The molecular formula is C17H35NO4S. The Morgan fingerprint density at radius 2 is 1.43 bits per heavy atom. The van der Waals surface area contributed by atoms with Crippen LogP contribution in [0.2, 0.25) is 0 Å².